The van der Waals surface area contributed by atoms with Gasteiger partial charge in [-0.15, -0.1) is 0 Å². The molecule has 2 aromatic carbocycles. The number of benzene rings is 2. The van der Waals surface area contributed by atoms with E-state index >= 15 is 0 Å². The van der Waals surface area contributed by atoms with Crippen LogP contribution in [0.5, 0.6) is 0 Å². The molecule has 0 spiro atoms. The van der Waals surface area contributed by atoms with Crippen molar-refractivity contribution in [2.24, 2.45) is 0 Å². The monoisotopic (exact) mass is 451 g/mol. The average Bonchev–Trinajstić information content (AvgIpc) is 3.17. The van der Waals surface area contributed by atoms with Gasteiger partial charge in [-0.1, -0.05) is 41.9 Å². The predicted octanol–water partition coefficient (Wildman–Crippen LogP) is 3.18. The maximum absolute atomic E-state index is 13.0. The van der Waals surface area contributed by atoms with Crippen molar-refractivity contribution in [2.45, 2.75) is 32.7 Å². The van der Waals surface area contributed by atoms with Crippen LogP contribution < -0.4 is 10.7 Å². The normalized spacial score (nSPS) is 18.1. The highest BCUT2D eigenvalue weighted by Crippen LogP contribution is 2.28. The van der Waals surface area contributed by atoms with Gasteiger partial charge in [-0.2, -0.15) is 10.1 Å². The van der Waals surface area contributed by atoms with Crippen molar-refractivity contribution in [1.29, 1.82) is 0 Å². The fourth-order valence-electron chi connectivity index (χ4n) is 3.80. The molecule has 4 amide bonds. The van der Waals surface area contributed by atoms with Gasteiger partial charge < -0.3 is 5.32 Å². The highest BCUT2D eigenvalue weighted by molar-refractivity contribution is 6.30. The van der Waals surface area contributed by atoms with Crippen LogP contribution in [0.4, 0.5) is 4.79 Å². The Morgan fingerprint density at radius 2 is 1.75 bits per heavy atom. The number of carbonyl (C=O) groups is 3. The van der Waals surface area contributed by atoms with E-state index in [0.29, 0.717) is 16.3 Å². The van der Waals surface area contributed by atoms with Gasteiger partial charge in [0.2, 0.25) is 5.91 Å². The summed E-state index contributed by atoms with van der Waals surface area (Å²) in [6, 6.07) is 15.4. The second-order valence-electron chi connectivity index (χ2n) is 7.81. The average molecular weight is 452 g/mol. The summed E-state index contributed by atoms with van der Waals surface area (Å²) in [6.45, 7) is 5.28. The molecule has 0 saturated carbocycles. The number of urea groups is 1. The number of amides is 4. The van der Waals surface area contributed by atoms with Gasteiger partial charge in [0.15, 0.2) is 0 Å². The Hall–Kier alpha value is -3.65. The van der Waals surface area contributed by atoms with Crippen molar-refractivity contribution in [3.8, 4) is 5.69 Å². The number of hydrogen-bond donors (Lipinski definition) is 2. The van der Waals surface area contributed by atoms with E-state index in [4.69, 9.17) is 11.6 Å². The van der Waals surface area contributed by atoms with Gasteiger partial charge in [0.25, 0.3) is 5.91 Å². The molecule has 1 fully saturated rings. The molecule has 2 heterocycles. The molecule has 1 aliphatic rings. The van der Waals surface area contributed by atoms with Gasteiger partial charge >= 0.3 is 6.03 Å². The van der Waals surface area contributed by atoms with Crippen LogP contribution in [0.3, 0.4) is 0 Å². The van der Waals surface area contributed by atoms with E-state index in [9.17, 15) is 14.4 Å². The van der Waals surface area contributed by atoms with Crippen molar-refractivity contribution in [1.82, 2.24) is 25.5 Å². The van der Waals surface area contributed by atoms with Crippen LogP contribution in [0.25, 0.3) is 5.69 Å². The smallest absolute Gasteiger partial charge is 0.318 e. The summed E-state index contributed by atoms with van der Waals surface area (Å²) in [4.78, 5) is 38.2. The van der Waals surface area contributed by atoms with Gasteiger partial charge in [0, 0.05) is 16.3 Å². The molecule has 1 atom stereocenters. The molecule has 3 aromatic rings. The van der Waals surface area contributed by atoms with Crippen LogP contribution in [0.15, 0.2) is 54.6 Å². The van der Waals surface area contributed by atoms with E-state index < -0.39 is 23.4 Å². The Morgan fingerprint density at radius 3 is 2.41 bits per heavy atom. The molecule has 1 saturated heterocycles. The van der Waals surface area contributed by atoms with Gasteiger partial charge in [-0.3, -0.25) is 15.0 Å². The Morgan fingerprint density at radius 1 is 1.09 bits per heavy atom. The molecular formula is C23H22ClN5O3. The Kier molecular flexibility index (Phi) is 5.48. The highest BCUT2D eigenvalue weighted by atomic mass is 35.5. The minimum atomic E-state index is -1.25. The molecule has 2 N–H and O–H groups in total. The summed E-state index contributed by atoms with van der Waals surface area (Å²) in [5, 5.41) is 8.54. The van der Waals surface area contributed by atoms with E-state index in [1.165, 1.54) is 0 Å². The van der Waals surface area contributed by atoms with Crippen molar-refractivity contribution in [2.75, 3.05) is 0 Å². The highest BCUT2D eigenvalue weighted by Gasteiger charge is 2.50. The van der Waals surface area contributed by atoms with E-state index in [2.05, 4.69) is 15.8 Å². The van der Waals surface area contributed by atoms with E-state index in [-0.39, 0.29) is 6.42 Å². The minimum Gasteiger partial charge on any atom is -0.318 e. The number of aromatic nitrogens is 2. The van der Waals surface area contributed by atoms with Crippen LogP contribution in [0.2, 0.25) is 5.02 Å². The SMILES string of the molecule is Cc1nn(-c2ccc(Cl)cc2)c(C)c1CC(=O)NN1C(=O)NC(C)(c2ccccc2)C1=O. The van der Waals surface area contributed by atoms with Crippen molar-refractivity contribution >= 4 is 29.4 Å². The summed E-state index contributed by atoms with van der Waals surface area (Å²) in [6.07, 6.45) is -0.0373. The first-order chi connectivity index (χ1) is 15.2. The summed E-state index contributed by atoms with van der Waals surface area (Å²) in [5.74, 6) is -1.04. The first kappa shape index (κ1) is 21.6. The number of aryl methyl sites for hydroxylation is 1. The summed E-state index contributed by atoms with van der Waals surface area (Å²) in [7, 11) is 0. The van der Waals surface area contributed by atoms with Crippen LogP contribution in [-0.4, -0.2) is 32.6 Å². The molecule has 1 aromatic heterocycles. The first-order valence-corrected chi connectivity index (χ1v) is 10.4. The quantitative estimate of drug-likeness (QED) is 0.582. The van der Waals surface area contributed by atoms with Gasteiger partial charge in [-0.05, 0) is 50.6 Å². The van der Waals surface area contributed by atoms with Crippen molar-refractivity contribution in [3.05, 3.63) is 82.1 Å². The lowest BCUT2D eigenvalue weighted by Gasteiger charge is -2.22. The number of carbonyl (C=O) groups excluding carboxylic acids is 3. The number of hydrogen-bond acceptors (Lipinski definition) is 4. The Bertz CT molecular complexity index is 1210. The van der Waals surface area contributed by atoms with E-state index in [0.717, 1.165) is 22.0 Å². The summed E-state index contributed by atoms with van der Waals surface area (Å²) < 4.78 is 1.73. The zero-order chi connectivity index (χ0) is 23.0. The minimum absolute atomic E-state index is 0.0373. The molecule has 0 radical (unpaired) electrons. The number of nitrogens with one attached hydrogen (secondary N) is 2. The molecule has 0 bridgehead atoms. The van der Waals surface area contributed by atoms with Crippen molar-refractivity contribution in [3.63, 3.8) is 0 Å². The first-order valence-electron chi connectivity index (χ1n) is 10.0. The number of halogens is 1. The predicted molar refractivity (Wildman–Crippen MR) is 119 cm³/mol. The Balaban J connectivity index is 1.51. The number of imide groups is 1. The molecule has 1 aliphatic heterocycles. The largest absolute Gasteiger partial charge is 0.344 e. The lowest BCUT2D eigenvalue weighted by atomic mass is 9.92. The van der Waals surface area contributed by atoms with Crippen LogP contribution in [0, 0.1) is 13.8 Å². The van der Waals surface area contributed by atoms with E-state index in [1.807, 2.05) is 32.0 Å². The lowest BCUT2D eigenvalue weighted by molar-refractivity contribution is -0.138. The fourth-order valence-corrected chi connectivity index (χ4v) is 3.92. The van der Waals surface area contributed by atoms with Crippen LogP contribution >= 0.6 is 11.6 Å². The molecule has 0 aliphatic carbocycles. The molecule has 164 valence electrons. The molecule has 9 heteroatoms. The maximum atomic E-state index is 13.0. The maximum Gasteiger partial charge on any atom is 0.344 e. The van der Waals surface area contributed by atoms with E-state index in [1.54, 1.807) is 48.0 Å². The van der Waals surface area contributed by atoms with Crippen LogP contribution in [-0.2, 0) is 21.5 Å². The Labute approximate surface area is 190 Å². The zero-order valence-electron chi connectivity index (χ0n) is 17.8. The molecule has 8 nitrogen and oxygen atoms in total. The standard InChI is InChI=1S/C23H22ClN5O3/c1-14-19(15(2)28(26-14)18-11-9-17(24)10-12-18)13-20(30)27-29-21(31)23(3,25-22(29)32)16-7-5-4-6-8-16/h4-12H,13H2,1-3H3,(H,25,32)(H,27,30). The summed E-state index contributed by atoms with van der Waals surface area (Å²) in [5.41, 5.74) is 4.81. The molecule has 4 rings (SSSR count). The van der Waals surface area contributed by atoms with Crippen molar-refractivity contribution < 1.29 is 14.4 Å². The fraction of sp³-hybridized carbons (Fsp3) is 0.217. The topological polar surface area (TPSA) is 96.3 Å². The molecule has 1 unspecified atom stereocenters. The third kappa shape index (κ3) is 3.73. The molecule has 32 heavy (non-hydrogen) atoms. The number of nitrogens with zero attached hydrogens (tertiary/aromatic N) is 3. The second kappa shape index (κ2) is 8.12. The summed E-state index contributed by atoms with van der Waals surface area (Å²) >= 11 is 5.96. The van der Waals surface area contributed by atoms with Gasteiger partial charge in [0.05, 0.1) is 17.8 Å². The number of hydrazine groups is 1. The lowest BCUT2D eigenvalue weighted by Crippen LogP contribution is -2.48. The second-order valence-corrected chi connectivity index (χ2v) is 8.25. The third-order valence-corrected chi connectivity index (χ3v) is 5.88. The third-order valence-electron chi connectivity index (χ3n) is 5.63. The van der Waals surface area contributed by atoms with Gasteiger partial charge in [0.1, 0.15) is 5.54 Å². The van der Waals surface area contributed by atoms with Crippen LogP contribution in [0.1, 0.15) is 29.4 Å². The number of rotatable bonds is 5. The van der Waals surface area contributed by atoms with Gasteiger partial charge in [-0.25, -0.2) is 9.48 Å². The zero-order valence-corrected chi connectivity index (χ0v) is 18.6. The molecular weight excluding hydrogens is 430 g/mol.